The first-order chi connectivity index (χ1) is 18.7. The van der Waals surface area contributed by atoms with E-state index in [1.165, 1.54) is 69.9 Å². The molecule has 0 radical (unpaired) electrons. The van der Waals surface area contributed by atoms with Crippen molar-refractivity contribution >= 4 is 11.6 Å². The minimum atomic E-state index is 0.307. The Labute approximate surface area is 225 Å². The van der Waals surface area contributed by atoms with Crippen molar-refractivity contribution in [2.75, 3.05) is 0 Å². The summed E-state index contributed by atoms with van der Waals surface area (Å²) in [5, 5.41) is 9.08. The van der Waals surface area contributed by atoms with Gasteiger partial charge in [0, 0.05) is 42.9 Å². The second kappa shape index (κ2) is 11.5. The Morgan fingerprint density at radius 3 is 2.53 bits per heavy atom. The zero-order valence-electron chi connectivity index (χ0n) is 22.2. The molecular weight excluding hydrogens is 474 g/mol. The predicted molar refractivity (Wildman–Crippen MR) is 148 cm³/mol. The number of pyridine rings is 1. The average Bonchev–Trinajstić information content (AvgIpc) is 3.44. The largest absolute Gasteiger partial charge is 0.439 e. The van der Waals surface area contributed by atoms with Gasteiger partial charge in [0.15, 0.2) is 5.96 Å². The molecule has 3 heterocycles. The molecule has 2 aliphatic carbocycles. The number of guanidine groups is 1. The Morgan fingerprint density at radius 2 is 1.74 bits per heavy atom. The van der Waals surface area contributed by atoms with E-state index < -0.39 is 0 Å². The van der Waals surface area contributed by atoms with Crippen molar-refractivity contribution in [3.05, 3.63) is 60.0 Å². The molecule has 3 aliphatic rings. The minimum absolute atomic E-state index is 0.307. The maximum Gasteiger partial charge on any atom is 0.219 e. The van der Waals surface area contributed by atoms with Gasteiger partial charge < -0.3 is 15.4 Å². The molecule has 2 fully saturated rings. The fraction of sp³-hybridized carbons (Fsp3) is 0.533. The summed E-state index contributed by atoms with van der Waals surface area (Å²) < 4.78 is 8.07. The summed E-state index contributed by atoms with van der Waals surface area (Å²) in [5.41, 5.74) is 9.71. The number of nitrogens with zero attached hydrogens (tertiary/aromatic N) is 6. The quantitative estimate of drug-likeness (QED) is 0.379. The summed E-state index contributed by atoms with van der Waals surface area (Å²) >= 11 is 0. The lowest BCUT2D eigenvalue weighted by molar-refractivity contribution is 0.158. The summed E-state index contributed by atoms with van der Waals surface area (Å²) in [6.45, 7) is 1.56. The maximum absolute atomic E-state index is 6.62. The highest BCUT2D eigenvalue weighted by Gasteiger charge is 2.32. The van der Waals surface area contributed by atoms with Gasteiger partial charge in [-0.05, 0) is 50.2 Å². The highest BCUT2D eigenvalue weighted by Crippen LogP contribution is 2.36. The lowest BCUT2D eigenvalue weighted by Gasteiger charge is -2.41. The van der Waals surface area contributed by atoms with Gasteiger partial charge in [-0.15, -0.1) is 5.10 Å². The second-order valence-corrected chi connectivity index (χ2v) is 11.2. The first-order valence-electron chi connectivity index (χ1n) is 14.5. The van der Waals surface area contributed by atoms with Crippen LogP contribution in [0.25, 0.3) is 0 Å². The smallest absolute Gasteiger partial charge is 0.219 e. The third-order valence-electron chi connectivity index (χ3n) is 8.60. The normalized spacial score (nSPS) is 19.6. The predicted octanol–water partition coefficient (Wildman–Crippen LogP) is 6.31. The highest BCUT2D eigenvalue weighted by atomic mass is 16.5. The van der Waals surface area contributed by atoms with E-state index in [2.05, 4.69) is 31.1 Å². The van der Waals surface area contributed by atoms with Crippen molar-refractivity contribution in [1.82, 2.24) is 24.9 Å². The fourth-order valence-corrected chi connectivity index (χ4v) is 6.54. The first kappa shape index (κ1) is 24.9. The van der Waals surface area contributed by atoms with Crippen LogP contribution in [0.15, 0.2) is 53.8 Å². The molecule has 1 aromatic carbocycles. The minimum Gasteiger partial charge on any atom is -0.439 e. The van der Waals surface area contributed by atoms with Crippen LogP contribution >= 0.6 is 0 Å². The number of para-hydroxylation sites is 1. The topological polar surface area (TPSA) is 94.5 Å². The van der Waals surface area contributed by atoms with Crippen LogP contribution in [0.4, 0.5) is 5.69 Å². The molecule has 2 saturated carbocycles. The molecule has 0 spiro atoms. The van der Waals surface area contributed by atoms with Crippen LogP contribution in [0.5, 0.6) is 11.6 Å². The van der Waals surface area contributed by atoms with Crippen molar-refractivity contribution in [2.24, 2.45) is 16.6 Å². The molecule has 200 valence electrons. The number of aryl methyl sites for hydroxylation is 1. The molecule has 8 heteroatoms. The van der Waals surface area contributed by atoms with Gasteiger partial charge in [-0.3, -0.25) is 4.68 Å². The summed E-state index contributed by atoms with van der Waals surface area (Å²) in [6.07, 6.45) is 17.8. The Morgan fingerprint density at radius 1 is 0.974 bits per heavy atom. The molecule has 0 amide bonds. The monoisotopic (exact) mass is 513 g/mol. The number of hydrogen-bond donors (Lipinski definition) is 1. The zero-order valence-corrected chi connectivity index (χ0v) is 22.2. The average molecular weight is 514 g/mol. The molecule has 3 aromatic rings. The lowest BCUT2D eigenvalue weighted by Crippen LogP contribution is -2.49. The van der Waals surface area contributed by atoms with Crippen molar-refractivity contribution < 1.29 is 4.74 Å². The highest BCUT2D eigenvalue weighted by molar-refractivity contribution is 5.83. The van der Waals surface area contributed by atoms with Crippen LogP contribution in [-0.4, -0.2) is 36.9 Å². The number of hydrogen-bond acceptors (Lipinski definition) is 7. The number of nitrogens with two attached hydrogens (primary N) is 1. The number of aromatic nitrogens is 4. The molecule has 0 bridgehead atoms. The Hall–Kier alpha value is -3.42. The molecule has 8 nitrogen and oxygen atoms in total. The van der Waals surface area contributed by atoms with Gasteiger partial charge in [0.1, 0.15) is 5.75 Å². The van der Waals surface area contributed by atoms with Crippen LogP contribution in [0.3, 0.4) is 0 Å². The van der Waals surface area contributed by atoms with Gasteiger partial charge in [0.25, 0.3) is 0 Å². The van der Waals surface area contributed by atoms with Crippen LogP contribution in [-0.2, 0) is 13.1 Å². The number of fused-ring (bicyclic) bond motifs is 1. The van der Waals surface area contributed by atoms with Crippen molar-refractivity contribution in [3.8, 4) is 11.6 Å². The number of ether oxygens (including phenoxy) is 1. The van der Waals surface area contributed by atoms with Crippen molar-refractivity contribution in [1.29, 1.82) is 0 Å². The Balaban J connectivity index is 1.19. The van der Waals surface area contributed by atoms with Gasteiger partial charge in [0.05, 0.1) is 17.6 Å². The molecule has 1 unspecified atom stereocenters. The third kappa shape index (κ3) is 5.69. The van der Waals surface area contributed by atoms with Crippen molar-refractivity contribution in [3.63, 3.8) is 0 Å². The molecule has 2 aromatic heterocycles. The van der Waals surface area contributed by atoms with Crippen LogP contribution in [0.1, 0.15) is 87.8 Å². The van der Waals surface area contributed by atoms with E-state index in [0.29, 0.717) is 36.3 Å². The Kier molecular flexibility index (Phi) is 7.56. The lowest BCUT2D eigenvalue weighted by atomic mass is 9.81. The van der Waals surface area contributed by atoms with Gasteiger partial charge in [0.2, 0.25) is 5.88 Å². The molecule has 6 rings (SSSR count). The van der Waals surface area contributed by atoms with Gasteiger partial charge in [-0.1, -0.05) is 61.9 Å². The van der Waals surface area contributed by atoms with Gasteiger partial charge in [-0.25, -0.2) is 9.98 Å². The van der Waals surface area contributed by atoms with E-state index in [-0.39, 0.29) is 0 Å². The molecule has 1 atom stereocenters. The molecule has 1 aliphatic heterocycles. The molecular formula is C30H39N7O. The second-order valence-electron chi connectivity index (χ2n) is 11.2. The van der Waals surface area contributed by atoms with E-state index in [4.69, 9.17) is 15.5 Å². The van der Waals surface area contributed by atoms with E-state index in [9.17, 15) is 0 Å². The molecule has 38 heavy (non-hydrogen) atoms. The van der Waals surface area contributed by atoms with Gasteiger partial charge >= 0.3 is 0 Å². The first-order valence-corrected chi connectivity index (χ1v) is 14.5. The van der Waals surface area contributed by atoms with E-state index in [1.54, 1.807) is 6.20 Å². The summed E-state index contributed by atoms with van der Waals surface area (Å²) in [4.78, 5) is 11.6. The summed E-state index contributed by atoms with van der Waals surface area (Å²) in [5.74, 6) is 3.12. The van der Waals surface area contributed by atoms with E-state index in [1.807, 2.05) is 36.4 Å². The van der Waals surface area contributed by atoms with Gasteiger partial charge in [-0.2, -0.15) is 0 Å². The van der Waals surface area contributed by atoms with Crippen LogP contribution in [0, 0.1) is 5.92 Å². The number of aliphatic imine (C=N–C) groups is 1. The summed E-state index contributed by atoms with van der Waals surface area (Å²) in [6, 6.07) is 12.1. The maximum atomic E-state index is 6.62. The van der Waals surface area contributed by atoms with Crippen molar-refractivity contribution in [2.45, 2.75) is 95.7 Å². The van der Waals surface area contributed by atoms with Crippen LogP contribution in [0.2, 0.25) is 0 Å². The van der Waals surface area contributed by atoms with Crippen LogP contribution < -0.4 is 10.5 Å². The molecule has 2 N–H and O–H groups in total. The SMILES string of the molecule is NC1=Nc2cnc(Oc3ccccc3)cc2CN1C(CCn1cc(C2CCCCC2)nn1)C1CCCCC1. The third-order valence-corrected chi connectivity index (χ3v) is 8.60. The zero-order chi connectivity index (χ0) is 25.7. The summed E-state index contributed by atoms with van der Waals surface area (Å²) in [7, 11) is 0. The number of rotatable bonds is 8. The fourth-order valence-electron chi connectivity index (χ4n) is 6.54. The van der Waals surface area contributed by atoms with E-state index in [0.717, 1.165) is 30.0 Å². The number of benzene rings is 1. The van der Waals surface area contributed by atoms with E-state index >= 15 is 0 Å². The Bertz CT molecular complexity index is 1230. The molecule has 0 saturated heterocycles. The standard InChI is InChI=1S/C30H39N7O/c31-30-33-26-19-32-29(38-25-14-8-3-9-15-25)18-24(26)20-37(30)28(23-12-6-2-7-13-23)16-17-36-21-27(34-35-36)22-10-4-1-5-11-22/h3,8-9,14-15,18-19,21-23,28H,1-2,4-7,10-13,16-17,20H2,(H2,31,33).